The minimum atomic E-state index is -1.73. The molecule has 0 rings (SSSR count). The van der Waals surface area contributed by atoms with Crippen LogP contribution in [-0.2, 0) is 9.22 Å². The molecule has 0 fully saturated rings. The molecule has 0 saturated carbocycles. The number of carboxylic acid groups (broad SMARTS) is 1. The van der Waals surface area contributed by atoms with Gasteiger partial charge in [0.2, 0.25) is 0 Å². The van der Waals surface area contributed by atoms with Crippen LogP contribution in [0.25, 0.3) is 0 Å². The van der Waals surface area contributed by atoms with Gasteiger partial charge in [-0.3, -0.25) is 4.79 Å². The highest BCUT2D eigenvalue weighted by Gasteiger charge is 2.38. The van der Waals surface area contributed by atoms with Gasteiger partial charge in [-0.25, -0.2) is 0 Å². The van der Waals surface area contributed by atoms with Crippen molar-refractivity contribution in [3.63, 3.8) is 0 Å². The molecule has 18 heavy (non-hydrogen) atoms. The second-order valence-corrected chi connectivity index (χ2v) is 11.3. The maximum Gasteiger partial charge on any atom is 0.303 e. The number of hydrogen-bond donors (Lipinski definition) is 1. The maximum atomic E-state index is 10.6. The van der Waals surface area contributed by atoms with Crippen LogP contribution < -0.4 is 0 Å². The van der Waals surface area contributed by atoms with E-state index in [-0.39, 0.29) is 17.6 Å². The zero-order valence-corrected chi connectivity index (χ0v) is 13.9. The average Bonchev–Trinajstić information content (AvgIpc) is 2.14. The molecule has 3 nitrogen and oxygen atoms in total. The summed E-state index contributed by atoms with van der Waals surface area (Å²) < 4.78 is 6.37. The normalized spacial score (nSPS) is 14.6. The summed E-state index contributed by atoms with van der Waals surface area (Å²) in [6, 6.07) is 0. The Morgan fingerprint density at radius 2 is 1.83 bits per heavy atom. The highest BCUT2D eigenvalue weighted by Crippen LogP contribution is 2.38. The second kappa shape index (κ2) is 7.29. The molecule has 108 valence electrons. The van der Waals surface area contributed by atoms with Crippen molar-refractivity contribution in [1.29, 1.82) is 0 Å². The van der Waals surface area contributed by atoms with Gasteiger partial charge in [0.05, 0.1) is 0 Å². The summed E-state index contributed by atoms with van der Waals surface area (Å²) in [4.78, 5) is 10.6. The Morgan fingerprint density at radius 3 is 2.22 bits per heavy atom. The smallest absolute Gasteiger partial charge is 0.303 e. The monoisotopic (exact) mass is 274 g/mol. The summed E-state index contributed by atoms with van der Waals surface area (Å²) in [6.07, 6.45) is 4.19. The summed E-state index contributed by atoms with van der Waals surface area (Å²) >= 11 is 0. The van der Waals surface area contributed by atoms with Gasteiger partial charge in [-0.1, -0.05) is 34.1 Å². The van der Waals surface area contributed by atoms with E-state index < -0.39 is 14.3 Å². The topological polar surface area (TPSA) is 46.5 Å². The fourth-order valence-electron chi connectivity index (χ4n) is 1.66. The van der Waals surface area contributed by atoms with Gasteiger partial charge >= 0.3 is 5.97 Å². The first-order valence-corrected chi connectivity index (χ1v) is 9.90. The molecule has 0 aromatic heterocycles. The van der Waals surface area contributed by atoms with E-state index in [4.69, 9.17) is 9.53 Å². The van der Waals surface area contributed by atoms with Crippen molar-refractivity contribution >= 4 is 14.3 Å². The van der Waals surface area contributed by atoms with Crippen LogP contribution in [0.4, 0.5) is 0 Å². The van der Waals surface area contributed by atoms with Crippen molar-refractivity contribution in [2.45, 2.75) is 84.0 Å². The van der Waals surface area contributed by atoms with Crippen molar-refractivity contribution in [2.75, 3.05) is 0 Å². The van der Waals surface area contributed by atoms with E-state index >= 15 is 0 Å². The van der Waals surface area contributed by atoms with Crippen LogP contribution in [0.15, 0.2) is 0 Å². The van der Waals surface area contributed by atoms with Gasteiger partial charge in [0.15, 0.2) is 8.32 Å². The molecule has 0 radical (unpaired) electrons. The molecule has 0 amide bonds. The van der Waals surface area contributed by atoms with Crippen LogP contribution in [-0.4, -0.2) is 25.5 Å². The Hall–Kier alpha value is -0.353. The fraction of sp³-hybridized carbons (Fsp3) is 0.929. The van der Waals surface area contributed by atoms with Gasteiger partial charge in [-0.2, -0.15) is 0 Å². The van der Waals surface area contributed by atoms with E-state index in [1.165, 1.54) is 0 Å². The zero-order valence-electron chi connectivity index (χ0n) is 12.9. The van der Waals surface area contributed by atoms with Gasteiger partial charge in [0.1, 0.15) is 0 Å². The number of rotatable bonds is 8. The Labute approximate surface area is 113 Å². The van der Waals surface area contributed by atoms with E-state index in [1.807, 2.05) is 0 Å². The Kier molecular flexibility index (Phi) is 7.15. The molecular weight excluding hydrogens is 244 g/mol. The van der Waals surface area contributed by atoms with Crippen molar-refractivity contribution in [3.05, 3.63) is 0 Å². The van der Waals surface area contributed by atoms with Crippen LogP contribution >= 0.6 is 0 Å². The minimum absolute atomic E-state index is 0.214. The molecule has 4 heteroatoms. The molecule has 0 unspecified atom stereocenters. The van der Waals surface area contributed by atoms with Crippen LogP contribution in [0.1, 0.15) is 59.8 Å². The first-order valence-electron chi connectivity index (χ1n) is 6.99. The number of hydrogen-bond acceptors (Lipinski definition) is 2. The first kappa shape index (κ1) is 17.6. The Morgan fingerprint density at radius 1 is 1.28 bits per heavy atom. The third-order valence-corrected chi connectivity index (χ3v) is 8.33. The predicted octanol–water partition coefficient (Wildman–Crippen LogP) is 4.43. The van der Waals surface area contributed by atoms with Crippen molar-refractivity contribution in [1.82, 2.24) is 0 Å². The number of aliphatic carboxylic acids is 1. The summed E-state index contributed by atoms with van der Waals surface area (Å²) in [6.45, 7) is 13.4. The summed E-state index contributed by atoms with van der Waals surface area (Å²) in [5.74, 6) is -0.711. The van der Waals surface area contributed by atoms with Crippen molar-refractivity contribution < 1.29 is 14.3 Å². The molecular formula is C14H30O3Si. The van der Waals surface area contributed by atoms with E-state index in [0.717, 1.165) is 19.3 Å². The second-order valence-electron chi connectivity index (χ2n) is 6.57. The zero-order chi connectivity index (χ0) is 14.4. The third-order valence-electron chi connectivity index (χ3n) is 3.79. The Balaban J connectivity index is 4.38. The lowest BCUT2D eigenvalue weighted by Gasteiger charge is -2.39. The third kappa shape index (κ3) is 6.54. The maximum absolute atomic E-state index is 10.6. The SMILES string of the molecule is CCC[C@@H](CCCC(=O)O)O[Si](C)(C)C(C)(C)C. The quantitative estimate of drug-likeness (QED) is 0.666. The molecule has 0 saturated heterocycles. The number of carboxylic acids is 1. The summed E-state index contributed by atoms with van der Waals surface area (Å²) in [5, 5.41) is 8.90. The molecule has 0 spiro atoms. The molecule has 1 atom stereocenters. The molecule has 0 aliphatic rings. The standard InChI is InChI=1S/C14H30O3Si/c1-7-9-12(10-8-11-13(15)16)17-18(5,6)14(2,3)4/h12H,7-11H2,1-6H3,(H,15,16)/t12-/m0/s1. The van der Waals surface area contributed by atoms with Gasteiger partial charge in [-0.05, 0) is 37.4 Å². The van der Waals surface area contributed by atoms with Crippen LogP contribution in [0.2, 0.25) is 18.1 Å². The number of carbonyl (C=O) groups is 1. The van der Waals surface area contributed by atoms with Crippen molar-refractivity contribution in [3.8, 4) is 0 Å². The average molecular weight is 274 g/mol. The van der Waals surface area contributed by atoms with Crippen LogP contribution in [0.3, 0.4) is 0 Å². The summed E-state index contributed by atoms with van der Waals surface area (Å²) in [5.41, 5.74) is 0. The largest absolute Gasteiger partial charge is 0.481 e. The van der Waals surface area contributed by atoms with E-state index in [9.17, 15) is 4.79 Å². The molecule has 0 aromatic rings. The molecule has 0 bridgehead atoms. The highest BCUT2D eigenvalue weighted by molar-refractivity contribution is 6.74. The molecule has 0 aliphatic carbocycles. The molecule has 0 aromatic carbocycles. The van der Waals surface area contributed by atoms with Crippen LogP contribution in [0.5, 0.6) is 0 Å². The summed E-state index contributed by atoms with van der Waals surface area (Å²) in [7, 11) is -1.73. The lowest BCUT2D eigenvalue weighted by Crippen LogP contribution is -2.44. The van der Waals surface area contributed by atoms with Crippen molar-refractivity contribution in [2.24, 2.45) is 0 Å². The Bertz CT molecular complexity index is 256. The fourth-order valence-corrected chi connectivity index (χ4v) is 3.08. The van der Waals surface area contributed by atoms with Gasteiger partial charge in [0.25, 0.3) is 0 Å². The van der Waals surface area contributed by atoms with Gasteiger partial charge in [-0.15, -0.1) is 0 Å². The first-order chi connectivity index (χ1) is 8.10. The lowest BCUT2D eigenvalue weighted by molar-refractivity contribution is -0.137. The predicted molar refractivity (Wildman–Crippen MR) is 78.5 cm³/mol. The van der Waals surface area contributed by atoms with E-state index in [0.29, 0.717) is 6.42 Å². The highest BCUT2D eigenvalue weighted by atomic mass is 28.4. The lowest BCUT2D eigenvalue weighted by atomic mass is 10.1. The van der Waals surface area contributed by atoms with Gasteiger partial charge < -0.3 is 9.53 Å². The van der Waals surface area contributed by atoms with E-state index in [2.05, 4.69) is 40.8 Å². The molecule has 1 N–H and O–H groups in total. The van der Waals surface area contributed by atoms with E-state index in [1.54, 1.807) is 0 Å². The molecule has 0 aliphatic heterocycles. The van der Waals surface area contributed by atoms with Gasteiger partial charge in [0, 0.05) is 12.5 Å². The molecule has 0 heterocycles. The van der Waals surface area contributed by atoms with Crippen LogP contribution in [0, 0.1) is 0 Å². The minimum Gasteiger partial charge on any atom is -0.481 e.